The Bertz CT molecular complexity index is 1060. The Hall–Kier alpha value is -3.73. The Morgan fingerprint density at radius 2 is 1.50 bits per heavy atom. The number of benzene rings is 2. The summed E-state index contributed by atoms with van der Waals surface area (Å²) in [7, 11) is 0. The fourth-order valence-corrected chi connectivity index (χ4v) is 2.76. The molecule has 26 heavy (non-hydrogen) atoms. The Morgan fingerprint density at radius 1 is 0.731 bits per heavy atom. The first-order chi connectivity index (χ1) is 12.8. The summed E-state index contributed by atoms with van der Waals surface area (Å²) in [6.07, 6.45) is 3.42. The molecule has 0 unspecified atom stereocenters. The van der Waals surface area contributed by atoms with Crippen LogP contribution >= 0.6 is 0 Å². The molecule has 0 saturated heterocycles. The van der Waals surface area contributed by atoms with Crippen molar-refractivity contribution in [3.05, 3.63) is 90.8 Å². The second-order valence-corrected chi connectivity index (χ2v) is 5.72. The van der Waals surface area contributed by atoms with Gasteiger partial charge in [-0.1, -0.05) is 36.4 Å². The van der Waals surface area contributed by atoms with Gasteiger partial charge in [-0.25, -0.2) is 4.98 Å². The van der Waals surface area contributed by atoms with E-state index in [1.165, 1.54) is 0 Å². The lowest BCUT2D eigenvalue weighted by Crippen LogP contribution is -2.14. The Balaban J connectivity index is 1.64. The molecule has 2 heterocycles. The van der Waals surface area contributed by atoms with E-state index in [0.29, 0.717) is 22.8 Å². The number of pyridine rings is 2. The number of nitrogens with one attached hydrogen (secondary N) is 2. The second kappa shape index (κ2) is 7.03. The highest BCUT2D eigenvalue weighted by atomic mass is 16.1. The zero-order valence-corrected chi connectivity index (χ0v) is 13.9. The molecule has 2 aromatic heterocycles. The van der Waals surface area contributed by atoms with Gasteiger partial charge in [-0.05, 0) is 36.4 Å². The fraction of sp³-hybridized carbons (Fsp3) is 0. The van der Waals surface area contributed by atoms with Crippen LogP contribution in [0, 0.1) is 0 Å². The molecule has 0 aliphatic rings. The van der Waals surface area contributed by atoms with E-state index in [2.05, 4.69) is 20.6 Å². The van der Waals surface area contributed by atoms with E-state index in [9.17, 15) is 4.79 Å². The molecule has 5 nitrogen and oxygen atoms in total. The van der Waals surface area contributed by atoms with E-state index in [0.717, 1.165) is 10.9 Å². The Morgan fingerprint density at radius 3 is 2.38 bits per heavy atom. The molecule has 5 heteroatoms. The van der Waals surface area contributed by atoms with Crippen molar-refractivity contribution >= 4 is 34.0 Å². The minimum absolute atomic E-state index is 0.206. The molecule has 4 rings (SSSR count). The van der Waals surface area contributed by atoms with Gasteiger partial charge in [0.1, 0.15) is 5.82 Å². The molecule has 0 aliphatic heterocycles. The smallest absolute Gasteiger partial charge is 0.257 e. The summed E-state index contributed by atoms with van der Waals surface area (Å²) in [5, 5.41) is 7.13. The number of nitrogens with zero attached hydrogens (tertiary/aromatic N) is 2. The minimum atomic E-state index is -0.206. The summed E-state index contributed by atoms with van der Waals surface area (Å²) < 4.78 is 0. The van der Waals surface area contributed by atoms with Crippen LogP contribution in [0.2, 0.25) is 0 Å². The maximum Gasteiger partial charge on any atom is 0.257 e. The van der Waals surface area contributed by atoms with Crippen molar-refractivity contribution in [2.24, 2.45) is 0 Å². The van der Waals surface area contributed by atoms with Crippen LogP contribution in [-0.2, 0) is 0 Å². The van der Waals surface area contributed by atoms with E-state index in [4.69, 9.17) is 0 Å². The molecular weight excluding hydrogens is 324 g/mol. The minimum Gasteiger partial charge on any atom is -0.340 e. The Labute approximate surface area is 150 Å². The van der Waals surface area contributed by atoms with Crippen molar-refractivity contribution in [3.8, 4) is 0 Å². The molecule has 1 amide bonds. The van der Waals surface area contributed by atoms with Crippen molar-refractivity contribution in [2.75, 3.05) is 10.6 Å². The SMILES string of the molecule is O=C(Nc1cccc2cccnc12)c1ccccc1Nc1ccccn1. The van der Waals surface area contributed by atoms with E-state index in [-0.39, 0.29) is 5.91 Å². The van der Waals surface area contributed by atoms with Gasteiger partial charge in [-0.2, -0.15) is 0 Å². The maximum absolute atomic E-state index is 12.9. The Kier molecular flexibility index (Phi) is 4.26. The first kappa shape index (κ1) is 15.8. The number of hydrogen-bond acceptors (Lipinski definition) is 4. The van der Waals surface area contributed by atoms with Gasteiger partial charge in [0.25, 0.3) is 5.91 Å². The van der Waals surface area contributed by atoms with Gasteiger partial charge < -0.3 is 10.6 Å². The molecule has 0 saturated carbocycles. The molecular formula is C21H16N4O. The lowest BCUT2D eigenvalue weighted by molar-refractivity contribution is 0.102. The monoisotopic (exact) mass is 340 g/mol. The van der Waals surface area contributed by atoms with Crippen molar-refractivity contribution in [2.45, 2.75) is 0 Å². The summed E-state index contributed by atoms with van der Waals surface area (Å²) in [5.41, 5.74) is 2.67. The highest BCUT2D eigenvalue weighted by Gasteiger charge is 2.13. The third-order valence-electron chi connectivity index (χ3n) is 3.98. The van der Waals surface area contributed by atoms with Crippen LogP contribution < -0.4 is 10.6 Å². The van der Waals surface area contributed by atoms with Crippen LogP contribution in [0.15, 0.2) is 85.2 Å². The summed E-state index contributed by atoms with van der Waals surface area (Å²) in [5.74, 6) is 0.474. The number of anilines is 3. The van der Waals surface area contributed by atoms with E-state index < -0.39 is 0 Å². The molecule has 0 aliphatic carbocycles. The average Bonchev–Trinajstić information content (AvgIpc) is 2.69. The lowest BCUT2D eigenvalue weighted by atomic mass is 10.1. The zero-order valence-electron chi connectivity index (χ0n) is 13.9. The quantitative estimate of drug-likeness (QED) is 0.568. The topological polar surface area (TPSA) is 66.9 Å². The predicted molar refractivity (Wildman–Crippen MR) is 104 cm³/mol. The first-order valence-electron chi connectivity index (χ1n) is 8.23. The zero-order chi connectivity index (χ0) is 17.8. The normalized spacial score (nSPS) is 10.5. The fourth-order valence-electron chi connectivity index (χ4n) is 2.76. The van der Waals surface area contributed by atoms with Gasteiger partial charge in [0.15, 0.2) is 0 Å². The second-order valence-electron chi connectivity index (χ2n) is 5.72. The van der Waals surface area contributed by atoms with Crippen LogP contribution in [0.4, 0.5) is 17.2 Å². The van der Waals surface area contributed by atoms with Gasteiger partial charge in [0, 0.05) is 17.8 Å². The maximum atomic E-state index is 12.9. The number of aromatic nitrogens is 2. The van der Waals surface area contributed by atoms with Gasteiger partial charge in [-0.15, -0.1) is 0 Å². The lowest BCUT2D eigenvalue weighted by Gasteiger charge is -2.12. The van der Waals surface area contributed by atoms with Crippen LogP contribution in [-0.4, -0.2) is 15.9 Å². The van der Waals surface area contributed by atoms with Crippen molar-refractivity contribution in [3.63, 3.8) is 0 Å². The molecule has 0 atom stereocenters. The van der Waals surface area contributed by atoms with Crippen molar-refractivity contribution in [1.29, 1.82) is 0 Å². The van der Waals surface area contributed by atoms with Crippen molar-refractivity contribution in [1.82, 2.24) is 9.97 Å². The molecule has 0 fully saturated rings. The molecule has 0 spiro atoms. The van der Waals surface area contributed by atoms with E-state index in [1.807, 2.05) is 66.7 Å². The third-order valence-corrected chi connectivity index (χ3v) is 3.98. The van der Waals surface area contributed by atoms with E-state index >= 15 is 0 Å². The largest absolute Gasteiger partial charge is 0.340 e. The average molecular weight is 340 g/mol. The molecule has 2 aromatic carbocycles. The molecule has 2 N–H and O–H groups in total. The summed E-state index contributed by atoms with van der Waals surface area (Å²) in [4.78, 5) is 21.5. The number of amides is 1. The predicted octanol–water partition coefficient (Wildman–Crippen LogP) is 4.63. The van der Waals surface area contributed by atoms with Crippen LogP contribution in [0.5, 0.6) is 0 Å². The summed E-state index contributed by atoms with van der Waals surface area (Å²) >= 11 is 0. The van der Waals surface area contributed by atoms with Crippen LogP contribution in [0.3, 0.4) is 0 Å². The highest BCUT2D eigenvalue weighted by Crippen LogP contribution is 2.24. The van der Waals surface area contributed by atoms with Crippen molar-refractivity contribution < 1.29 is 4.79 Å². The van der Waals surface area contributed by atoms with Crippen LogP contribution in [0.25, 0.3) is 10.9 Å². The number of rotatable bonds is 4. The number of para-hydroxylation sites is 2. The van der Waals surface area contributed by atoms with Gasteiger partial charge in [0.2, 0.25) is 0 Å². The number of carbonyl (C=O) groups is 1. The van der Waals surface area contributed by atoms with Gasteiger partial charge in [0.05, 0.1) is 22.5 Å². The summed E-state index contributed by atoms with van der Waals surface area (Å²) in [6, 6.07) is 22.5. The molecule has 0 radical (unpaired) electrons. The molecule has 4 aromatic rings. The highest BCUT2D eigenvalue weighted by molar-refractivity contribution is 6.11. The number of fused-ring (bicyclic) bond motifs is 1. The van der Waals surface area contributed by atoms with E-state index in [1.54, 1.807) is 18.5 Å². The van der Waals surface area contributed by atoms with Crippen LogP contribution in [0.1, 0.15) is 10.4 Å². The van der Waals surface area contributed by atoms with Gasteiger partial charge in [-0.3, -0.25) is 9.78 Å². The standard InChI is InChI=1S/C21H16N4O/c26-21(25-18-11-5-7-15-8-6-14-23-20(15)18)16-9-1-2-10-17(16)24-19-12-3-4-13-22-19/h1-14H,(H,22,24)(H,25,26). The molecule has 126 valence electrons. The molecule has 0 bridgehead atoms. The first-order valence-corrected chi connectivity index (χ1v) is 8.23. The number of carbonyl (C=O) groups excluding carboxylic acids is 1. The number of hydrogen-bond donors (Lipinski definition) is 2. The van der Waals surface area contributed by atoms with Gasteiger partial charge >= 0.3 is 0 Å². The third kappa shape index (κ3) is 3.23. The summed E-state index contributed by atoms with van der Waals surface area (Å²) in [6.45, 7) is 0.